The average Bonchev–Trinajstić information content (AvgIpc) is 2.29. The van der Waals surface area contributed by atoms with Crippen LogP contribution < -0.4 is 5.32 Å². The largest absolute Gasteiger partial charge is 0.378 e. The normalized spacial score (nSPS) is 12.2. The van der Waals surface area contributed by atoms with Crippen molar-refractivity contribution in [1.82, 2.24) is 5.32 Å². The number of carbonyl (C=O) groups is 1. The molecule has 4 heteroatoms. The van der Waals surface area contributed by atoms with Crippen LogP contribution in [0.3, 0.4) is 0 Å². The molecule has 0 aromatic heterocycles. The van der Waals surface area contributed by atoms with Gasteiger partial charge in [-0.05, 0) is 24.1 Å². The highest BCUT2D eigenvalue weighted by molar-refractivity contribution is 6.30. The lowest BCUT2D eigenvalue weighted by molar-refractivity contribution is -0.129. The third kappa shape index (κ3) is 3.83. The van der Waals surface area contributed by atoms with Crippen LogP contribution in [0.25, 0.3) is 0 Å². The fourth-order valence-corrected chi connectivity index (χ4v) is 1.41. The summed E-state index contributed by atoms with van der Waals surface area (Å²) in [5.74, 6) is -0.365. The van der Waals surface area contributed by atoms with E-state index in [2.05, 4.69) is 5.32 Å². The molecule has 1 atom stereocenters. The minimum absolute atomic E-state index is 0.365. The molecular formula is C12H16ClNO2. The van der Waals surface area contributed by atoms with Crippen molar-refractivity contribution in [1.29, 1.82) is 0 Å². The first-order valence-corrected chi connectivity index (χ1v) is 5.74. The van der Waals surface area contributed by atoms with Gasteiger partial charge in [-0.1, -0.05) is 37.1 Å². The Morgan fingerprint density at radius 3 is 2.62 bits per heavy atom. The van der Waals surface area contributed by atoms with E-state index in [-0.39, 0.29) is 5.91 Å². The number of carbonyl (C=O) groups excluding carboxylic acids is 1. The molecule has 1 aromatic rings. The van der Waals surface area contributed by atoms with Gasteiger partial charge in [-0.3, -0.25) is 4.79 Å². The number of unbranched alkanes of at least 4 members (excludes halogenated alkanes) is 1. The lowest BCUT2D eigenvalue weighted by Crippen LogP contribution is -2.29. The molecule has 0 saturated carbocycles. The number of aliphatic hydroxyl groups is 1. The van der Waals surface area contributed by atoms with Crippen LogP contribution in [0.4, 0.5) is 0 Å². The summed E-state index contributed by atoms with van der Waals surface area (Å²) in [4.78, 5) is 11.5. The fourth-order valence-electron chi connectivity index (χ4n) is 1.28. The first-order chi connectivity index (χ1) is 7.65. The molecule has 0 aliphatic heterocycles. The Balaban J connectivity index is 2.53. The van der Waals surface area contributed by atoms with Crippen LogP contribution >= 0.6 is 11.6 Å². The Kier molecular flexibility index (Phi) is 5.29. The van der Waals surface area contributed by atoms with Crippen molar-refractivity contribution in [2.75, 3.05) is 6.54 Å². The monoisotopic (exact) mass is 241 g/mol. The molecule has 0 bridgehead atoms. The van der Waals surface area contributed by atoms with Crippen molar-refractivity contribution in [2.45, 2.75) is 25.9 Å². The van der Waals surface area contributed by atoms with Crippen LogP contribution in [0.15, 0.2) is 24.3 Å². The highest BCUT2D eigenvalue weighted by atomic mass is 35.5. The predicted molar refractivity (Wildman–Crippen MR) is 64.3 cm³/mol. The van der Waals surface area contributed by atoms with Crippen molar-refractivity contribution < 1.29 is 9.90 Å². The standard InChI is InChI=1S/C12H16ClNO2/c1-2-3-8-14-12(16)11(15)9-4-6-10(13)7-5-9/h4-7,11,15H,2-3,8H2,1H3,(H,14,16). The average molecular weight is 242 g/mol. The quantitative estimate of drug-likeness (QED) is 0.778. The molecule has 0 radical (unpaired) electrons. The molecule has 1 rings (SSSR count). The van der Waals surface area contributed by atoms with Gasteiger partial charge in [0.15, 0.2) is 6.10 Å². The number of hydrogen-bond acceptors (Lipinski definition) is 2. The number of nitrogens with one attached hydrogen (secondary N) is 1. The molecule has 88 valence electrons. The van der Waals surface area contributed by atoms with Crippen molar-refractivity contribution >= 4 is 17.5 Å². The van der Waals surface area contributed by atoms with Crippen LogP contribution in [0, 0.1) is 0 Å². The second-order valence-corrected chi connectivity index (χ2v) is 4.04. The lowest BCUT2D eigenvalue weighted by atomic mass is 10.1. The summed E-state index contributed by atoms with van der Waals surface area (Å²) < 4.78 is 0. The summed E-state index contributed by atoms with van der Waals surface area (Å²) in [5.41, 5.74) is 0.554. The van der Waals surface area contributed by atoms with E-state index in [1.807, 2.05) is 6.92 Å². The molecule has 1 unspecified atom stereocenters. The van der Waals surface area contributed by atoms with Gasteiger partial charge in [0.1, 0.15) is 0 Å². The van der Waals surface area contributed by atoms with Gasteiger partial charge >= 0.3 is 0 Å². The fraction of sp³-hybridized carbons (Fsp3) is 0.417. The van der Waals surface area contributed by atoms with Crippen molar-refractivity contribution in [3.8, 4) is 0 Å². The number of rotatable bonds is 5. The molecule has 2 N–H and O–H groups in total. The molecule has 0 fully saturated rings. The molecule has 0 aliphatic carbocycles. The van der Waals surface area contributed by atoms with Crippen LogP contribution in [-0.4, -0.2) is 17.6 Å². The predicted octanol–water partition coefficient (Wildman–Crippen LogP) is 2.29. The van der Waals surface area contributed by atoms with Crippen LogP contribution in [-0.2, 0) is 4.79 Å². The minimum Gasteiger partial charge on any atom is -0.378 e. The van der Waals surface area contributed by atoms with Crippen LogP contribution in [0.5, 0.6) is 0 Å². The highest BCUT2D eigenvalue weighted by Crippen LogP contribution is 2.16. The van der Waals surface area contributed by atoms with Crippen LogP contribution in [0.1, 0.15) is 31.4 Å². The number of halogens is 1. The number of aliphatic hydroxyl groups excluding tert-OH is 1. The van der Waals surface area contributed by atoms with Gasteiger partial charge in [-0.2, -0.15) is 0 Å². The van der Waals surface area contributed by atoms with Gasteiger partial charge < -0.3 is 10.4 Å². The SMILES string of the molecule is CCCCNC(=O)C(O)c1ccc(Cl)cc1. The van der Waals surface area contributed by atoms with E-state index in [4.69, 9.17) is 11.6 Å². The highest BCUT2D eigenvalue weighted by Gasteiger charge is 2.16. The summed E-state index contributed by atoms with van der Waals surface area (Å²) in [5, 5.41) is 13.0. The Morgan fingerprint density at radius 2 is 2.06 bits per heavy atom. The van der Waals surface area contributed by atoms with Crippen LogP contribution in [0.2, 0.25) is 5.02 Å². The van der Waals surface area contributed by atoms with E-state index in [1.165, 1.54) is 0 Å². The maximum atomic E-state index is 11.5. The molecule has 3 nitrogen and oxygen atoms in total. The Labute approximate surface area is 100 Å². The Hall–Kier alpha value is -1.06. The number of hydrogen-bond donors (Lipinski definition) is 2. The third-order valence-corrected chi connectivity index (χ3v) is 2.52. The zero-order valence-electron chi connectivity index (χ0n) is 9.24. The van der Waals surface area contributed by atoms with E-state index in [9.17, 15) is 9.90 Å². The molecule has 1 amide bonds. The molecule has 16 heavy (non-hydrogen) atoms. The number of benzene rings is 1. The maximum Gasteiger partial charge on any atom is 0.253 e. The van der Waals surface area contributed by atoms with E-state index >= 15 is 0 Å². The number of amides is 1. The third-order valence-electron chi connectivity index (χ3n) is 2.26. The zero-order chi connectivity index (χ0) is 12.0. The van der Waals surface area contributed by atoms with E-state index in [1.54, 1.807) is 24.3 Å². The van der Waals surface area contributed by atoms with Gasteiger partial charge in [0, 0.05) is 11.6 Å². The van der Waals surface area contributed by atoms with E-state index in [0.717, 1.165) is 12.8 Å². The van der Waals surface area contributed by atoms with E-state index in [0.29, 0.717) is 17.1 Å². The molecular weight excluding hydrogens is 226 g/mol. The second kappa shape index (κ2) is 6.51. The topological polar surface area (TPSA) is 49.3 Å². The smallest absolute Gasteiger partial charge is 0.253 e. The Morgan fingerprint density at radius 1 is 1.44 bits per heavy atom. The van der Waals surface area contributed by atoms with Crippen molar-refractivity contribution in [3.05, 3.63) is 34.9 Å². The van der Waals surface area contributed by atoms with Gasteiger partial charge in [-0.25, -0.2) is 0 Å². The van der Waals surface area contributed by atoms with Crippen molar-refractivity contribution in [2.24, 2.45) is 0 Å². The second-order valence-electron chi connectivity index (χ2n) is 3.60. The lowest BCUT2D eigenvalue weighted by Gasteiger charge is -2.11. The maximum absolute atomic E-state index is 11.5. The first kappa shape index (κ1) is 13.0. The Bertz CT molecular complexity index is 337. The molecule has 1 aromatic carbocycles. The summed E-state index contributed by atoms with van der Waals surface area (Å²) in [6, 6.07) is 6.59. The van der Waals surface area contributed by atoms with Gasteiger partial charge in [-0.15, -0.1) is 0 Å². The zero-order valence-corrected chi connectivity index (χ0v) is 10.00. The van der Waals surface area contributed by atoms with Gasteiger partial charge in [0.2, 0.25) is 0 Å². The molecule has 0 aliphatic rings. The minimum atomic E-state index is -1.12. The molecule has 0 heterocycles. The summed E-state index contributed by atoms with van der Waals surface area (Å²) in [6.07, 6.45) is 0.810. The first-order valence-electron chi connectivity index (χ1n) is 5.36. The summed E-state index contributed by atoms with van der Waals surface area (Å²) in [7, 11) is 0. The molecule has 0 saturated heterocycles. The molecule has 0 spiro atoms. The van der Waals surface area contributed by atoms with Gasteiger partial charge in [0.25, 0.3) is 5.91 Å². The van der Waals surface area contributed by atoms with Crippen molar-refractivity contribution in [3.63, 3.8) is 0 Å². The summed E-state index contributed by atoms with van der Waals surface area (Å²) in [6.45, 7) is 2.64. The van der Waals surface area contributed by atoms with Gasteiger partial charge in [0.05, 0.1) is 0 Å². The summed E-state index contributed by atoms with van der Waals surface area (Å²) >= 11 is 5.72. The van der Waals surface area contributed by atoms with E-state index < -0.39 is 6.10 Å².